The average molecular weight is 701 g/mol. The zero-order chi connectivity index (χ0) is 36.8. The highest BCUT2D eigenvalue weighted by Crippen LogP contribution is 2.45. The second-order valence-electron chi connectivity index (χ2n) is 13.2. The van der Waals surface area contributed by atoms with Crippen molar-refractivity contribution in [1.29, 1.82) is 5.26 Å². The van der Waals surface area contributed by atoms with E-state index < -0.39 is 81.7 Å². The molecule has 1 aliphatic heterocycles. The van der Waals surface area contributed by atoms with E-state index in [9.17, 15) is 28.0 Å². The number of nitrogens with one attached hydrogen (secondary N) is 1. The van der Waals surface area contributed by atoms with Crippen LogP contribution in [0.5, 0.6) is 0 Å². The summed E-state index contributed by atoms with van der Waals surface area (Å²) in [5.41, 5.74) is -3.88. The first-order chi connectivity index (χ1) is 23.2. The molecule has 0 spiro atoms. The van der Waals surface area contributed by atoms with Gasteiger partial charge in [-0.05, 0) is 64.4 Å². The Hall–Kier alpha value is -5.46. The Balaban J connectivity index is 1.57. The van der Waals surface area contributed by atoms with E-state index in [4.69, 9.17) is 9.15 Å². The van der Waals surface area contributed by atoms with E-state index in [1.807, 2.05) is 6.07 Å². The maximum Gasteiger partial charge on any atom is 0.417 e. The number of pyridine rings is 1. The molecule has 2 amide bonds. The number of benzene rings is 2. The number of rotatable bonds is 6. The molecule has 10 nitrogen and oxygen atoms in total. The molecule has 262 valence electrons. The fourth-order valence-corrected chi connectivity index (χ4v) is 5.06. The number of nitriles is 1. The highest BCUT2D eigenvalue weighted by molar-refractivity contribution is 6.01. The molecule has 0 saturated heterocycles. The molecule has 2 aromatic heterocycles. The third-order valence-electron chi connectivity index (χ3n) is 7.64. The van der Waals surface area contributed by atoms with Crippen molar-refractivity contribution in [2.45, 2.75) is 76.7 Å². The van der Waals surface area contributed by atoms with Gasteiger partial charge in [-0.15, -0.1) is 10.2 Å². The van der Waals surface area contributed by atoms with E-state index >= 15 is 13.2 Å². The van der Waals surface area contributed by atoms with Crippen LogP contribution in [0.25, 0.3) is 22.7 Å². The predicted molar refractivity (Wildman–Crippen MR) is 166 cm³/mol. The van der Waals surface area contributed by atoms with Crippen LogP contribution in [0.1, 0.15) is 63.6 Å². The zero-order valence-electron chi connectivity index (χ0n) is 27.3. The summed E-state index contributed by atoms with van der Waals surface area (Å²) in [5, 5.41) is 19.3. The predicted octanol–water partition coefficient (Wildman–Crippen LogP) is 7.68. The third kappa shape index (κ3) is 7.56. The minimum Gasteiger partial charge on any atom is -0.444 e. The largest absolute Gasteiger partial charge is 0.444 e. The number of carbonyl (C=O) groups excluding carboxylic acids is 2. The van der Waals surface area contributed by atoms with E-state index in [0.717, 1.165) is 17.0 Å². The number of hydrogen-bond donors (Lipinski definition) is 1. The van der Waals surface area contributed by atoms with Crippen molar-refractivity contribution >= 4 is 17.7 Å². The molecule has 5 rings (SSSR count). The monoisotopic (exact) mass is 700 g/mol. The summed E-state index contributed by atoms with van der Waals surface area (Å²) in [6.07, 6.45) is -6.23. The Labute approximate surface area is 282 Å². The van der Waals surface area contributed by atoms with Crippen molar-refractivity contribution in [3.05, 3.63) is 83.1 Å². The molecular formula is C34H30F6N6O4. The van der Waals surface area contributed by atoms with Gasteiger partial charge in [-0.3, -0.25) is 9.78 Å². The first-order valence-electron chi connectivity index (χ1n) is 15.1. The number of aromatic nitrogens is 3. The first kappa shape index (κ1) is 35.8. The number of ether oxygens (including phenoxy) is 1. The molecule has 4 aromatic rings. The van der Waals surface area contributed by atoms with Gasteiger partial charge in [0.15, 0.2) is 0 Å². The molecule has 50 heavy (non-hydrogen) atoms. The van der Waals surface area contributed by atoms with Gasteiger partial charge in [-0.2, -0.15) is 18.4 Å². The summed E-state index contributed by atoms with van der Waals surface area (Å²) in [6, 6.07) is 9.81. The molecule has 1 N–H and O–H groups in total. The van der Waals surface area contributed by atoms with Crippen LogP contribution in [0, 0.1) is 17.1 Å². The number of nitrogens with zero attached hydrogens (tertiary/aromatic N) is 5. The van der Waals surface area contributed by atoms with Crippen LogP contribution in [0.4, 0.5) is 36.8 Å². The van der Waals surface area contributed by atoms with Gasteiger partial charge in [0.05, 0.1) is 35.1 Å². The summed E-state index contributed by atoms with van der Waals surface area (Å²) < 4.78 is 97.2. The molecule has 1 atom stereocenters. The number of alkyl carbamates (subject to hydrolysis) is 1. The van der Waals surface area contributed by atoms with E-state index in [0.29, 0.717) is 23.4 Å². The van der Waals surface area contributed by atoms with Crippen molar-refractivity contribution in [3.8, 4) is 28.8 Å². The molecule has 0 saturated carbocycles. The number of hydrogen-bond acceptors (Lipinski definition) is 8. The molecule has 0 bridgehead atoms. The van der Waals surface area contributed by atoms with E-state index in [2.05, 4.69) is 20.5 Å². The number of carbonyl (C=O) groups is 2. The second-order valence-corrected chi connectivity index (χ2v) is 13.2. The van der Waals surface area contributed by atoms with Crippen molar-refractivity contribution in [2.75, 3.05) is 4.90 Å². The number of amides is 2. The van der Waals surface area contributed by atoms with Gasteiger partial charge in [0, 0.05) is 23.7 Å². The van der Waals surface area contributed by atoms with Gasteiger partial charge >= 0.3 is 12.3 Å². The number of fused-ring (bicyclic) bond motifs is 1. The van der Waals surface area contributed by atoms with Crippen LogP contribution < -0.4 is 10.2 Å². The standard InChI is InChI=1S/C34H30F6N6O4/c1-31(2,3)50-30(48)43-25-14-33(36,37)22-13-23(35)21(27-44-45-29(49-27)32(4,5)17-41)12-26(22)46(28(25)47)16-18-6-8-19(9-7-18)24-11-10-20(15-42-24)34(38,39)40/h6-13,15,25H,14,16H2,1-5H3,(H,43,48). The van der Waals surface area contributed by atoms with E-state index in [-0.39, 0.29) is 18.1 Å². The van der Waals surface area contributed by atoms with Crippen molar-refractivity contribution < 1.29 is 45.1 Å². The van der Waals surface area contributed by atoms with Crippen molar-refractivity contribution in [1.82, 2.24) is 20.5 Å². The average Bonchev–Trinajstić information content (AvgIpc) is 3.51. The SMILES string of the molecule is CC(C)(C)OC(=O)NC1CC(F)(F)c2cc(F)c(-c3nnc(C(C)(C)C#N)o3)cc2N(Cc2ccc(-c3ccc(C(F)(F)F)cn3)cc2)C1=O. The number of halogens is 6. The molecule has 0 aliphatic carbocycles. The van der Waals surface area contributed by atoms with Crippen LogP contribution in [0.15, 0.2) is 59.1 Å². The molecule has 0 radical (unpaired) electrons. The summed E-state index contributed by atoms with van der Waals surface area (Å²) in [7, 11) is 0. The highest BCUT2D eigenvalue weighted by Gasteiger charge is 2.47. The normalized spacial score (nSPS) is 16.3. The van der Waals surface area contributed by atoms with Gasteiger partial charge in [0.1, 0.15) is 22.9 Å². The molecule has 1 aliphatic rings. The van der Waals surface area contributed by atoms with Gasteiger partial charge in [-0.1, -0.05) is 24.3 Å². The summed E-state index contributed by atoms with van der Waals surface area (Å²) in [6.45, 7) is 7.24. The van der Waals surface area contributed by atoms with Gasteiger partial charge in [-0.25, -0.2) is 18.0 Å². The van der Waals surface area contributed by atoms with Gasteiger partial charge in [0.25, 0.3) is 11.8 Å². The van der Waals surface area contributed by atoms with Crippen molar-refractivity contribution in [2.24, 2.45) is 0 Å². The van der Waals surface area contributed by atoms with Gasteiger partial charge < -0.3 is 19.4 Å². The Kier molecular flexibility index (Phi) is 9.16. The van der Waals surface area contributed by atoms with E-state index in [1.165, 1.54) is 44.2 Å². The highest BCUT2D eigenvalue weighted by atomic mass is 19.4. The molecule has 0 fully saturated rings. The third-order valence-corrected chi connectivity index (χ3v) is 7.64. The lowest BCUT2D eigenvalue weighted by molar-refractivity contribution is -0.137. The lowest BCUT2D eigenvalue weighted by Gasteiger charge is -2.27. The quantitative estimate of drug-likeness (QED) is 0.203. The Morgan fingerprint density at radius 1 is 1.08 bits per heavy atom. The fourth-order valence-electron chi connectivity index (χ4n) is 5.06. The molecule has 1 unspecified atom stereocenters. The Morgan fingerprint density at radius 3 is 2.34 bits per heavy atom. The minimum absolute atomic E-state index is 0.160. The number of anilines is 1. The minimum atomic E-state index is -4.57. The summed E-state index contributed by atoms with van der Waals surface area (Å²) in [5.74, 6) is -6.59. The van der Waals surface area contributed by atoms with Crippen LogP contribution >= 0.6 is 0 Å². The Bertz CT molecular complexity index is 1960. The topological polar surface area (TPSA) is 134 Å². The van der Waals surface area contributed by atoms with Gasteiger partial charge in [0.2, 0.25) is 11.8 Å². The zero-order valence-corrected chi connectivity index (χ0v) is 27.3. The summed E-state index contributed by atoms with van der Waals surface area (Å²) >= 11 is 0. The fraction of sp³-hybridized carbons (Fsp3) is 0.353. The van der Waals surface area contributed by atoms with Crippen LogP contribution in [0.3, 0.4) is 0 Å². The smallest absolute Gasteiger partial charge is 0.417 e. The van der Waals surface area contributed by atoms with Crippen LogP contribution in [0.2, 0.25) is 0 Å². The maximum atomic E-state index is 15.9. The molecule has 2 aromatic carbocycles. The summed E-state index contributed by atoms with van der Waals surface area (Å²) in [4.78, 5) is 31.5. The Morgan fingerprint density at radius 2 is 1.76 bits per heavy atom. The van der Waals surface area contributed by atoms with Crippen LogP contribution in [-0.4, -0.2) is 38.8 Å². The second kappa shape index (κ2) is 12.8. The van der Waals surface area contributed by atoms with Crippen LogP contribution in [-0.2, 0) is 33.6 Å². The molecule has 3 heterocycles. The van der Waals surface area contributed by atoms with E-state index in [1.54, 1.807) is 20.8 Å². The lowest BCUT2D eigenvalue weighted by Crippen LogP contribution is -2.49. The van der Waals surface area contributed by atoms with Crippen molar-refractivity contribution in [3.63, 3.8) is 0 Å². The molecule has 16 heteroatoms. The maximum absolute atomic E-state index is 15.9. The molecular weight excluding hydrogens is 670 g/mol. The first-order valence-corrected chi connectivity index (χ1v) is 15.1. The lowest BCUT2D eigenvalue weighted by atomic mass is 9.96. The number of alkyl halides is 5.